The van der Waals surface area contributed by atoms with E-state index < -0.39 is 0 Å². The van der Waals surface area contributed by atoms with Gasteiger partial charge in [0.1, 0.15) is 5.69 Å². The second-order valence-corrected chi connectivity index (χ2v) is 6.69. The van der Waals surface area contributed by atoms with Gasteiger partial charge in [-0.1, -0.05) is 11.6 Å². The van der Waals surface area contributed by atoms with Gasteiger partial charge in [0.25, 0.3) is 0 Å². The molecule has 1 aromatic heterocycles. The van der Waals surface area contributed by atoms with E-state index in [1.807, 2.05) is 25.6 Å². The van der Waals surface area contributed by atoms with Gasteiger partial charge in [0, 0.05) is 12.5 Å². The summed E-state index contributed by atoms with van der Waals surface area (Å²) < 4.78 is 1.74. The monoisotopic (exact) mass is 286 g/mol. The number of hydrogen-bond donors (Lipinski definition) is 0. The molecule has 0 spiro atoms. The minimum Gasteiger partial charge on any atom is -0.292 e. The zero-order valence-corrected chi connectivity index (χ0v) is 12.4. The van der Waals surface area contributed by atoms with Crippen molar-refractivity contribution in [2.75, 3.05) is 11.5 Å². The number of hydrogen-bond acceptors (Lipinski definition) is 3. The number of aromatic nitrogens is 2. The minimum atomic E-state index is 0.142. The van der Waals surface area contributed by atoms with Crippen molar-refractivity contribution in [1.29, 1.82) is 0 Å². The molecule has 1 aliphatic rings. The van der Waals surface area contributed by atoms with Crippen molar-refractivity contribution in [2.24, 2.45) is 5.92 Å². The summed E-state index contributed by atoms with van der Waals surface area (Å²) in [7, 11) is 0. The van der Waals surface area contributed by atoms with E-state index >= 15 is 0 Å². The van der Waals surface area contributed by atoms with Gasteiger partial charge < -0.3 is 0 Å². The number of carbonyl (C=O) groups is 1. The molecule has 3 nitrogen and oxygen atoms in total. The van der Waals surface area contributed by atoms with E-state index in [2.05, 4.69) is 5.10 Å². The van der Waals surface area contributed by atoms with Crippen LogP contribution in [0.3, 0.4) is 0 Å². The molecule has 0 saturated carbocycles. The number of ketones is 1. The molecule has 0 amide bonds. The summed E-state index contributed by atoms with van der Waals surface area (Å²) >= 11 is 8.07. The molecular formula is C13H19ClN2OS. The van der Waals surface area contributed by atoms with Crippen LogP contribution in [0.15, 0.2) is 6.20 Å². The fourth-order valence-electron chi connectivity index (χ4n) is 2.30. The van der Waals surface area contributed by atoms with Crippen molar-refractivity contribution in [1.82, 2.24) is 9.78 Å². The maximum absolute atomic E-state index is 12.4. The molecule has 100 valence electrons. The topological polar surface area (TPSA) is 34.9 Å². The number of Topliss-reactive ketones (excluding diaryl/α,β-unsaturated/α-hetero) is 1. The van der Waals surface area contributed by atoms with Crippen LogP contribution in [0.25, 0.3) is 0 Å². The van der Waals surface area contributed by atoms with Crippen molar-refractivity contribution >= 4 is 29.1 Å². The molecule has 1 aliphatic heterocycles. The lowest BCUT2D eigenvalue weighted by Gasteiger charge is -2.21. The van der Waals surface area contributed by atoms with E-state index in [1.165, 1.54) is 11.5 Å². The number of rotatable bonds is 4. The fraction of sp³-hybridized carbons (Fsp3) is 0.692. The minimum absolute atomic E-state index is 0.142. The molecule has 0 radical (unpaired) electrons. The Morgan fingerprint density at radius 2 is 2.22 bits per heavy atom. The van der Waals surface area contributed by atoms with E-state index in [1.54, 1.807) is 10.9 Å². The van der Waals surface area contributed by atoms with Crippen LogP contribution in [0.4, 0.5) is 0 Å². The van der Waals surface area contributed by atoms with Gasteiger partial charge in [0.15, 0.2) is 5.78 Å². The van der Waals surface area contributed by atoms with Gasteiger partial charge >= 0.3 is 0 Å². The molecule has 0 aliphatic carbocycles. The molecule has 1 saturated heterocycles. The number of thioether (sulfide) groups is 1. The van der Waals surface area contributed by atoms with Crippen LogP contribution in [0.1, 0.15) is 49.6 Å². The lowest BCUT2D eigenvalue weighted by molar-refractivity contribution is 0.0946. The van der Waals surface area contributed by atoms with Crippen molar-refractivity contribution < 1.29 is 4.79 Å². The SMILES string of the molecule is CC(C)n1ncc(Cl)c1C(=O)CC1CCSCC1. The molecule has 0 unspecified atom stereocenters. The summed E-state index contributed by atoms with van der Waals surface area (Å²) in [6, 6.07) is 0.165. The van der Waals surface area contributed by atoms with E-state index in [0.29, 0.717) is 23.1 Å². The second-order valence-electron chi connectivity index (χ2n) is 5.06. The van der Waals surface area contributed by atoms with Crippen LogP contribution < -0.4 is 0 Å². The molecule has 0 aromatic carbocycles. The fourth-order valence-corrected chi connectivity index (χ4v) is 3.74. The predicted molar refractivity (Wildman–Crippen MR) is 76.6 cm³/mol. The predicted octanol–water partition coefficient (Wildman–Crippen LogP) is 3.83. The molecule has 2 heterocycles. The Labute approximate surface area is 117 Å². The van der Waals surface area contributed by atoms with Gasteiger partial charge in [-0.3, -0.25) is 9.48 Å². The Hall–Kier alpha value is -0.480. The number of carbonyl (C=O) groups excluding carboxylic acids is 1. The van der Waals surface area contributed by atoms with Crippen molar-refractivity contribution in [3.63, 3.8) is 0 Å². The van der Waals surface area contributed by atoms with Crippen molar-refractivity contribution in [3.05, 3.63) is 16.9 Å². The van der Waals surface area contributed by atoms with E-state index in [-0.39, 0.29) is 11.8 Å². The van der Waals surface area contributed by atoms with Gasteiger partial charge in [0.05, 0.1) is 11.2 Å². The Morgan fingerprint density at radius 1 is 1.56 bits per heavy atom. The molecule has 0 atom stereocenters. The number of nitrogens with zero attached hydrogens (tertiary/aromatic N) is 2. The second kappa shape index (κ2) is 6.11. The van der Waals surface area contributed by atoms with Crippen molar-refractivity contribution in [2.45, 2.75) is 39.2 Å². The van der Waals surface area contributed by atoms with E-state index in [4.69, 9.17) is 11.6 Å². The Balaban J connectivity index is 2.10. The zero-order chi connectivity index (χ0) is 13.1. The summed E-state index contributed by atoms with van der Waals surface area (Å²) in [5.41, 5.74) is 0.588. The van der Waals surface area contributed by atoms with Crippen LogP contribution >= 0.6 is 23.4 Å². The summed E-state index contributed by atoms with van der Waals surface area (Å²) in [4.78, 5) is 12.4. The lowest BCUT2D eigenvalue weighted by Crippen LogP contribution is -2.18. The third kappa shape index (κ3) is 3.09. The molecular weight excluding hydrogens is 268 g/mol. The number of halogens is 1. The first-order valence-electron chi connectivity index (χ1n) is 6.43. The summed E-state index contributed by atoms with van der Waals surface area (Å²) in [6.07, 6.45) is 4.47. The van der Waals surface area contributed by atoms with Gasteiger partial charge in [-0.05, 0) is 44.1 Å². The standard InChI is InChI=1S/C13H19ClN2OS/c1-9(2)16-13(11(14)8-15-16)12(17)7-10-3-5-18-6-4-10/h8-10H,3-7H2,1-2H3. The van der Waals surface area contributed by atoms with Crippen LogP contribution in [0.2, 0.25) is 5.02 Å². The Morgan fingerprint density at radius 3 is 2.83 bits per heavy atom. The Bertz CT molecular complexity index is 425. The largest absolute Gasteiger partial charge is 0.292 e. The summed E-state index contributed by atoms with van der Waals surface area (Å²) in [5.74, 6) is 3.01. The van der Waals surface area contributed by atoms with Crippen LogP contribution in [-0.2, 0) is 0 Å². The Kier molecular flexibility index (Phi) is 4.73. The van der Waals surface area contributed by atoms with Crippen LogP contribution in [-0.4, -0.2) is 27.1 Å². The van der Waals surface area contributed by atoms with Crippen LogP contribution in [0.5, 0.6) is 0 Å². The molecule has 0 N–H and O–H groups in total. The van der Waals surface area contributed by atoms with Crippen molar-refractivity contribution in [3.8, 4) is 0 Å². The molecule has 0 bridgehead atoms. The quantitative estimate of drug-likeness (QED) is 0.789. The van der Waals surface area contributed by atoms with Gasteiger partial charge in [0.2, 0.25) is 0 Å². The highest BCUT2D eigenvalue weighted by molar-refractivity contribution is 7.99. The molecule has 2 rings (SSSR count). The third-order valence-electron chi connectivity index (χ3n) is 3.32. The van der Waals surface area contributed by atoms with Gasteiger partial charge in [-0.15, -0.1) is 0 Å². The first-order chi connectivity index (χ1) is 8.59. The first-order valence-corrected chi connectivity index (χ1v) is 7.96. The highest BCUT2D eigenvalue weighted by atomic mass is 35.5. The highest BCUT2D eigenvalue weighted by Crippen LogP contribution is 2.28. The zero-order valence-electron chi connectivity index (χ0n) is 10.9. The summed E-state index contributed by atoms with van der Waals surface area (Å²) in [6.45, 7) is 4.02. The van der Waals surface area contributed by atoms with Gasteiger partial charge in [-0.25, -0.2) is 0 Å². The molecule has 5 heteroatoms. The van der Waals surface area contributed by atoms with E-state index in [0.717, 1.165) is 12.8 Å². The smallest absolute Gasteiger partial charge is 0.182 e. The molecule has 1 fully saturated rings. The average molecular weight is 287 g/mol. The van der Waals surface area contributed by atoms with Crippen LogP contribution in [0, 0.1) is 5.92 Å². The van der Waals surface area contributed by atoms with E-state index in [9.17, 15) is 4.79 Å². The average Bonchev–Trinajstić information content (AvgIpc) is 2.72. The normalized spacial score (nSPS) is 17.3. The molecule has 1 aromatic rings. The lowest BCUT2D eigenvalue weighted by atomic mass is 9.95. The first kappa shape index (κ1) is 13.9. The third-order valence-corrected chi connectivity index (χ3v) is 4.64. The van der Waals surface area contributed by atoms with Gasteiger partial charge in [-0.2, -0.15) is 16.9 Å². The molecule has 18 heavy (non-hydrogen) atoms. The highest BCUT2D eigenvalue weighted by Gasteiger charge is 2.23. The maximum atomic E-state index is 12.4. The summed E-state index contributed by atoms with van der Waals surface area (Å²) in [5, 5.41) is 4.67. The maximum Gasteiger partial charge on any atom is 0.182 e.